The molecule has 0 heterocycles. The lowest BCUT2D eigenvalue weighted by Gasteiger charge is -2.09. The number of benzene rings is 2. The average Bonchev–Trinajstić information content (AvgIpc) is 2.48. The van der Waals surface area contributed by atoms with Gasteiger partial charge in [0.1, 0.15) is 23.6 Å². The zero-order valence-electron chi connectivity index (χ0n) is 10.2. The number of carboxylic acid groups (broad SMARTS) is 1. The average molecular weight is 264 g/mol. The Morgan fingerprint density at radius 2 is 1.65 bits per heavy atom. The van der Waals surface area contributed by atoms with Gasteiger partial charge in [-0.3, -0.25) is 0 Å². The van der Waals surface area contributed by atoms with Gasteiger partial charge in [0.2, 0.25) is 0 Å². The standard InChI is InChI=1S/C15H8N2O3/c16-8-11-3-1-2-4-13(11)20-14-6-5-10(15(18)19)7-12(14)9-17/h1-7H,(H,18,19). The number of carboxylic acids is 1. The smallest absolute Gasteiger partial charge is 0.335 e. The first-order valence-corrected chi connectivity index (χ1v) is 5.60. The summed E-state index contributed by atoms with van der Waals surface area (Å²) in [6.45, 7) is 0. The number of hydrogen-bond acceptors (Lipinski definition) is 4. The van der Waals surface area contributed by atoms with Crippen molar-refractivity contribution in [2.45, 2.75) is 0 Å². The Bertz CT molecular complexity index is 754. The van der Waals surface area contributed by atoms with E-state index in [-0.39, 0.29) is 16.9 Å². The van der Waals surface area contributed by atoms with Crippen molar-refractivity contribution < 1.29 is 14.6 Å². The number of ether oxygens (including phenoxy) is 1. The second-order valence-corrected chi connectivity index (χ2v) is 3.84. The van der Waals surface area contributed by atoms with Gasteiger partial charge in [0.05, 0.1) is 16.7 Å². The Kier molecular flexibility index (Phi) is 3.65. The first-order valence-electron chi connectivity index (χ1n) is 5.60. The molecule has 2 rings (SSSR count). The zero-order valence-corrected chi connectivity index (χ0v) is 10.2. The van der Waals surface area contributed by atoms with Crippen LogP contribution in [0.3, 0.4) is 0 Å². The van der Waals surface area contributed by atoms with Crippen molar-refractivity contribution in [3.63, 3.8) is 0 Å². The summed E-state index contributed by atoms with van der Waals surface area (Å²) < 4.78 is 5.52. The Balaban J connectivity index is 2.42. The normalized spacial score (nSPS) is 9.30. The molecule has 0 saturated heterocycles. The van der Waals surface area contributed by atoms with Crippen molar-refractivity contribution in [3.8, 4) is 23.6 Å². The second kappa shape index (κ2) is 5.55. The number of nitriles is 2. The van der Waals surface area contributed by atoms with Crippen molar-refractivity contribution in [1.29, 1.82) is 10.5 Å². The highest BCUT2D eigenvalue weighted by molar-refractivity contribution is 5.88. The van der Waals surface area contributed by atoms with Gasteiger partial charge in [-0.2, -0.15) is 10.5 Å². The summed E-state index contributed by atoms with van der Waals surface area (Å²) in [6.07, 6.45) is 0. The molecule has 0 radical (unpaired) electrons. The molecule has 1 N–H and O–H groups in total. The fourth-order valence-corrected chi connectivity index (χ4v) is 1.61. The van der Waals surface area contributed by atoms with Crippen LogP contribution in [0.2, 0.25) is 0 Å². The number of nitrogens with zero attached hydrogens (tertiary/aromatic N) is 2. The first kappa shape index (κ1) is 13.1. The van der Waals surface area contributed by atoms with Gasteiger partial charge in [0, 0.05) is 0 Å². The monoisotopic (exact) mass is 264 g/mol. The van der Waals surface area contributed by atoms with Gasteiger partial charge < -0.3 is 9.84 Å². The number of rotatable bonds is 3. The molecule has 0 fully saturated rings. The van der Waals surface area contributed by atoms with E-state index in [1.807, 2.05) is 12.1 Å². The van der Waals surface area contributed by atoms with E-state index in [4.69, 9.17) is 20.4 Å². The van der Waals surface area contributed by atoms with Crippen molar-refractivity contribution in [3.05, 3.63) is 59.2 Å². The second-order valence-electron chi connectivity index (χ2n) is 3.84. The molecular formula is C15H8N2O3. The highest BCUT2D eigenvalue weighted by Gasteiger charge is 2.11. The van der Waals surface area contributed by atoms with E-state index in [0.29, 0.717) is 11.3 Å². The Labute approximate surface area is 114 Å². The van der Waals surface area contributed by atoms with Gasteiger partial charge in [-0.1, -0.05) is 12.1 Å². The van der Waals surface area contributed by atoms with Gasteiger partial charge in [-0.25, -0.2) is 4.79 Å². The quantitative estimate of drug-likeness (QED) is 0.919. The molecule has 0 aliphatic carbocycles. The molecule has 0 bridgehead atoms. The van der Waals surface area contributed by atoms with Crippen LogP contribution in [0.15, 0.2) is 42.5 Å². The molecule has 2 aromatic rings. The van der Waals surface area contributed by atoms with Crippen LogP contribution in [0.5, 0.6) is 11.5 Å². The Morgan fingerprint density at radius 1 is 1.00 bits per heavy atom. The minimum Gasteiger partial charge on any atom is -0.478 e. The molecule has 0 amide bonds. The van der Waals surface area contributed by atoms with E-state index in [9.17, 15) is 4.79 Å². The third kappa shape index (κ3) is 2.58. The van der Waals surface area contributed by atoms with E-state index in [1.165, 1.54) is 18.2 Å². The number of carbonyl (C=O) groups is 1. The van der Waals surface area contributed by atoms with Gasteiger partial charge in [-0.05, 0) is 30.3 Å². The number of aromatic carboxylic acids is 1. The molecule has 96 valence electrons. The molecular weight excluding hydrogens is 256 g/mol. The number of para-hydroxylation sites is 1. The van der Waals surface area contributed by atoms with Crippen LogP contribution < -0.4 is 4.74 Å². The van der Waals surface area contributed by atoms with Crippen LogP contribution in [0.25, 0.3) is 0 Å². The molecule has 2 aromatic carbocycles. The maximum atomic E-state index is 10.8. The van der Waals surface area contributed by atoms with Crippen LogP contribution in [0.1, 0.15) is 21.5 Å². The molecule has 0 unspecified atom stereocenters. The summed E-state index contributed by atoms with van der Waals surface area (Å²) in [5.41, 5.74) is 0.429. The maximum absolute atomic E-state index is 10.8. The molecule has 0 atom stereocenters. The van der Waals surface area contributed by atoms with E-state index in [0.717, 1.165) is 0 Å². The Morgan fingerprint density at radius 3 is 2.30 bits per heavy atom. The minimum atomic E-state index is -1.12. The van der Waals surface area contributed by atoms with Crippen LogP contribution in [-0.2, 0) is 0 Å². The molecule has 5 heteroatoms. The van der Waals surface area contributed by atoms with E-state index in [2.05, 4.69) is 0 Å². The van der Waals surface area contributed by atoms with E-state index in [1.54, 1.807) is 24.3 Å². The topological polar surface area (TPSA) is 94.1 Å². The maximum Gasteiger partial charge on any atom is 0.335 e. The molecule has 20 heavy (non-hydrogen) atoms. The van der Waals surface area contributed by atoms with Gasteiger partial charge >= 0.3 is 5.97 Å². The van der Waals surface area contributed by atoms with Crippen molar-refractivity contribution in [1.82, 2.24) is 0 Å². The van der Waals surface area contributed by atoms with Crippen LogP contribution in [-0.4, -0.2) is 11.1 Å². The highest BCUT2D eigenvalue weighted by Crippen LogP contribution is 2.28. The predicted molar refractivity (Wildman–Crippen MR) is 69.3 cm³/mol. The summed E-state index contributed by atoms with van der Waals surface area (Å²) >= 11 is 0. The number of hydrogen-bond donors (Lipinski definition) is 1. The van der Waals surface area contributed by atoms with Crippen LogP contribution >= 0.6 is 0 Å². The van der Waals surface area contributed by atoms with Crippen LogP contribution in [0, 0.1) is 22.7 Å². The molecule has 0 spiro atoms. The lowest BCUT2D eigenvalue weighted by molar-refractivity contribution is 0.0697. The minimum absolute atomic E-state index is 0.00229. The van der Waals surface area contributed by atoms with E-state index < -0.39 is 5.97 Å². The summed E-state index contributed by atoms with van der Waals surface area (Å²) in [4.78, 5) is 10.8. The van der Waals surface area contributed by atoms with Crippen molar-refractivity contribution >= 4 is 5.97 Å². The SMILES string of the molecule is N#Cc1ccccc1Oc1ccc(C(=O)O)cc1C#N. The predicted octanol–water partition coefficient (Wildman–Crippen LogP) is 2.92. The molecule has 0 aliphatic rings. The fourth-order valence-electron chi connectivity index (χ4n) is 1.61. The summed E-state index contributed by atoms with van der Waals surface area (Å²) in [7, 11) is 0. The zero-order chi connectivity index (χ0) is 14.5. The van der Waals surface area contributed by atoms with Crippen LogP contribution in [0.4, 0.5) is 0 Å². The molecule has 0 aromatic heterocycles. The van der Waals surface area contributed by atoms with Gasteiger partial charge in [0.25, 0.3) is 0 Å². The largest absolute Gasteiger partial charge is 0.478 e. The fraction of sp³-hybridized carbons (Fsp3) is 0. The molecule has 5 nitrogen and oxygen atoms in total. The lowest BCUT2D eigenvalue weighted by atomic mass is 10.1. The van der Waals surface area contributed by atoms with E-state index >= 15 is 0 Å². The van der Waals surface area contributed by atoms with Gasteiger partial charge in [0.15, 0.2) is 0 Å². The van der Waals surface area contributed by atoms with Crippen molar-refractivity contribution in [2.24, 2.45) is 0 Å². The van der Waals surface area contributed by atoms with Gasteiger partial charge in [-0.15, -0.1) is 0 Å². The highest BCUT2D eigenvalue weighted by atomic mass is 16.5. The molecule has 0 saturated carbocycles. The van der Waals surface area contributed by atoms with Crippen molar-refractivity contribution in [2.75, 3.05) is 0 Å². The Hall–Kier alpha value is -3.31. The third-order valence-corrected chi connectivity index (χ3v) is 2.57. The first-order chi connectivity index (χ1) is 9.65. The summed E-state index contributed by atoms with van der Waals surface area (Å²) in [5.74, 6) is -0.597. The summed E-state index contributed by atoms with van der Waals surface area (Å²) in [5, 5.41) is 26.9. The molecule has 0 aliphatic heterocycles. The lowest BCUT2D eigenvalue weighted by Crippen LogP contribution is -1.98. The summed E-state index contributed by atoms with van der Waals surface area (Å²) in [6, 6.07) is 14.4. The third-order valence-electron chi connectivity index (χ3n) is 2.57.